The minimum absolute atomic E-state index is 0.328. The summed E-state index contributed by atoms with van der Waals surface area (Å²) >= 11 is 0. The first kappa shape index (κ1) is 14.3. The zero-order chi connectivity index (χ0) is 15.5. The summed E-state index contributed by atoms with van der Waals surface area (Å²) in [6.45, 7) is 2.12. The summed E-state index contributed by atoms with van der Waals surface area (Å²) in [4.78, 5) is 10.9. The summed E-state index contributed by atoms with van der Waals surface area (Å²) < 4.78 is 1.93. The van der Waals surface area contributed by atoms with E-state index < -0.39 is 5.97 Å². The van der Waals surface area contributed by atoms with E-state index in [4.69, 9.17) is 5.11 Å². The highest BCUT2D eigenvalue weighted by Gasteiger charge is 2.11. The van der Waals surface area contributed by atoms with E-state index in [9.17, 15) is 4.79 Å². The quantitative estimate of drug-likeness (QED) is 0.785. The van der Waals surface area contributed by atoms with Gasteiger partial charge < -0.3 is 5.11 Å². The average molecular weight is 294 g/mol. The van der Waals surface area contributed by atoms with Crippen LogP contribution in [0.1, 0.15) is 34.1 Å². The van der Waals surface area contributed by atoms with Crippen molar-refractivity contribution in [2.45, 2.75) is 26.2 Å². The molecule has 3 rings (SSSR count). The molecule has 0 radical (unpaired) electrons. The van der Waals surface area contributed by atoms with E-state index in [1.165, 1.54) is 5.56 Å². The number of carbonyl (C=O) groups is 1. The predicted molar refractivity (Wildman–Crippen MR) is 85.4 cm³/mol. The summed E-state index contributed by atoms with van der Waals surface area (Å²) in [5.41, 5.74) is 5.04. The molecule has 2 heterocycles. The monoisotopic (exact) mass is 294 g/mol. The number of aromatic nitrogens is 2. The maximum Gasteiger partial charge on any atom is 0.335 e. The van der Waals surface area contributed by atoms with Crippen LogP contribution in [-0.4, -0.2) is 20.7 Å². The van der Waals surface area contributed by atoms with Gasteiger partial charge in [-0.25, -0.2) is 9.31 Å². The van der Waals surface area contributed by atoms with Gasteiger partial charge >= 0.3 is 5.97 Å². The van der Waals surface area contributed by atoms with Crippen molar-refractivity contribution in [2.75, 3.05) is 0 Å². The van der Waals surface area contributed by atoms with Crippen molar-refractivity contribution in [1.29, 1.82) is 0 Å². The number of hydrogen-bond donors (Lipinski definition) is 1. The third-order valence-corrected chi connectivity index (χ3v) is 3.92. The van der Waals surface area contributed by atoms with Crippen LogP contribution in [0.5, 0.6) is 0 Å². The molecule has 1 aromatic carbocycles. The molecular weight excluding hydrogens is 276 g/mol. The molecule has 0 amide bonds. The number of aryl methyl sites for hydroxylation is 3. The van der Waals surface area contributed by atoms with Gasteiger partial charge in [-0.05, 0) is 49.1 Å². The lowest BCUT2D eigenvalue weighted by atomic mass is 10.0. The molecule has 0 bridgehead atoms. The molecule has 0 unspecified atom stereocenters. The van der Waals surface area contributed by atoms with E-state index in [0.717, 1.165) is 36.0 Å². The standard InChI is InChI=1S/C18H18N2O2/c1-2-16-15(17-5-3-4-12-20(17)19-16)11-8-13-6-9-14(10-7-13)18(21)22/h3-7,9-10,12H,2,8,11H2,1H3,(H,21,22). The van der Waals surface area contributed by atoms with Gasteiger partial charge in [0, 0.05) is 11.8 Å². The molecule has 0 aliphatic heterocycles. The van der Waals surface area contributed by atoms with Crippen molar-refractivity contribution >= 4 is 11.5 Å². The molecule has 3 aromatic rings. The molecule has 4 heteroatoms. The number of pyridine rings is 1. The van der Waals surface area contributed by atoms with E-state index in [1.54, 1.807) is 12.1 Å². The Balaban J connectivity index is 1.82. The van der Waals surface area contributed by atoms with Crippen LogP contribution in [0.4, 0.5) is 0 Å². The Morgan fingerprint density at radius 3 is 2.59 bits per heavy atom. The number of nitrogens with zero attached hydrogens (tertiary/aromatic N) is 2. The van der Waals surface area contributed by atoms with Crippen LogP contribution >= 0.6 is 0 Å². The maximum atomic E-state index is 10.9. The van der Waals surface area contributed by atoms with Crippen LogP contribution < -0.4 is 0 Å². The highest BCUT2D eigenvalue weighted by Crippen LogP contribution is 2.19. The number of fused-ring (bicyclic) bond motifs is 1. The minimum atomic E-state index is -0.887. The van der Waals surface area contributed by atoms with Gasteiger partial charge in [0.1, 0.15) is 0 Å². The molecule has 0 aliphatic carbocycles. The molecule has 4 nitrogen and oxygen atoms in total. The normalized spacial score (nSPS) is 11.0. The molecule has 1 N–H and O–H groups in total. The second kappa shape index (κ2) is 6.02. The molecule has 112 valence electrons. The van der Waals surface area contributed by atoms with Crippen molar-refractivity contribution in [1.82, 2.24) is 9.61 Å². The third-order valence-electron chi connectivity index (χ3n) is 3.92. The summed E-state index contributed by atoms with van der Waals surface area (Å²) in [5.74, 6) is -0.887. The van der Waals surface area contributed by atoms with Crippen molar-refractivity contribution in [2.24, 2.45) is 0 Å². The molecule has 0 spiro atoms. The van der Waals surface area contributed by atoms with Crippen LogP contribution in [0.2, 0.25) is 0 Å². The van der Waals surface area contributed by atoms with Crippen LogP contribution in [0.25, 0.3) is 5.52 Å². The largest absolute Gasteiger partial charge is 0.478 e. The van der Waals surface area contributed by atoms with Gasteiger partial charge in [0.2, 0.25) is 0 Å². The second-order valence-electron chi connectivity index (χ2n) is 5.31. The molecule has 0 saturated carbocycles. The van der Waals surface area contributed by atoms with E-state index in [1.807, 2.05) is 35.0 Å². The Morgan fingerprint density at radius 2 is 1.91 bits per heavy atom. The van der Waals surface area contributed by atoms with Gasteiger partial charge in [0.25, 0.3) is 0 Å². The Kier molecular flexibility index (Phi) is 3.92. The number of aromatic carboxylic acids is 1. The van der Waals surface area contributed by atoms with Crippen LogP contribution in [0, 0.1) is 0 Å². The first-order valence-electron chi connectivity index (χ1n) is 7.46. The maximum absolute atomic E-state index is 10.9. The number of rotatable bonds is 5. The van der Waals surface area contributed by atoms with Crippen molar-refractivity contribution < 1.29 is 9.90 Å². The zero-order valence-corrected chi connectivity index (χ0v) is 12.5. The van der Waals surface area contributed by atoms with Gasteiger partial charge in [-0.1, -0.05) is 25.1 Å². The molecule has 0 aliphatic rings. The Morgan fingerprint density at radius 1 is 1.14 bits per heavy atom. The summed E-state index contributed by atoms with van der Waals surface area (Å²) in [7, 11) is 0. The minimum Gasteiger partial charge on any atom is -0.478 e. The number of carboxylic acid groups (broad SMARTS) is 1. The highest BCUT2D eigenvalue weighted by molar-refractivity contribution is 5.87. The lowest BCUT2D eigenvalue weighted by Gasteiger charge is -2.03. The molecule has 0 fully saturated rings. The summed E-state index contributed by atoms with van der Waals surface area (Å²) in [5, 5.41) is 13.6. The number of carboxylic acids is 1. The van der Waals surface area contributed by atoms with Crippen molar-refractivity contribution in [3.05, 3.63) is 71.0 Å². The smallest absolute Gasteiger partial charge is 0.335 e. The van der Waals surface area contributed by atoms with Gasteiger partial charge in [-0.15, -0.1) is 0 Å². The fraction of sp³-hybridized carbons (Fsp3) is 0.222. The first-order chi connectivity index (χ1) is 10.7. The first-order valence-corrected chi connectivity index (χ1v) is 7.46. The molecule has 0 saturated heterocycles. The van der Waals surface area contributed by atoms with Crippen molar-refractivity contribution in [3.63, 3.8) is 0 Å². The Labute approximate surface area is 129 Å². The van der Waals surface area contributed by atoms with Gasteiger partial charge in [-0.2, -0.15) is 5.10 Å². The molecule has 22 heavy (non-hydrogen) atoms. The average Bonchev–Trinajstić information content (AvgIpc) is 2.91. The Bertz CT molecular complexity index is 804. The summed E-state index contributed by atoms with van der Waals surface area (Å²) in [6, 6.07) is 13.2. The van der Waals surface area contributed by atoms with E-state index >= 15 is 0 Å². The second-order valence-corrected chi connectivity index (χ2v) is 5.31. The Hall–Kier alpha value is -2.62. The lowest BCUT2D eigenvalue weighted by Crippen LogP contribution is -1.98. The van der Waals surface area contributed by atoms with Crippen LogP contribution in [0.3, 0.4) is 0 Å². The van der Waals surface area contributed by atoms with E-state index in [0.29, 0.717) is 5.56 Å². The predicted octanol–water partition coefficient (Wildman–Crippen LogP) is 3.38. The highest BCUT2D eigenvalue weighted by atomic mass is 16.4. The fourth-order valence-corrected chi connectivity index (χ4v) is 2.74. The molecule has 0 atom stereocenters. The topological polar surface area (TPSA) is 54.6 Å². The van der Waals surface area contributed by atoms with Crippen LogP contribution in [0.15, 0.2) is 48.7 Å². The van der Waals surface area contributed by atoms with Gasteiger partial charge in [-0.3, -0.25) is 0 Å². The fourth-order valence-electron chi connectivity index (χ4n) is 2.74. The van der Waals surface area contributed by atoms with Gasteiger partial charge in [0.05, 0.1) is 16.8 Å². The van der Waals surface area contributed by atoms with Crippen LogP contribution in [-0.2, 0) is 19.3 Å². The SMILES string of the molecule is CCc1nn2ccccc2c1CCc1ccc(C(=O)O)cc1. The van der Waals surface area contributed by atoms with Crippen molar-refractivity contribution in [3.8, 4) is 0 Å². The summed E-state index contributed by atoms with van der Waals surface area (Å²) in [6.07, 6.45) is 4.67. The molecular formula is C18H18N2O2. The van der Waals surface area contributed by atoms with Gasteiger partial charge in [0.15, 0.2) is 0 Å². The number of benzene rings is 1. The molecule has 2 aromatic heterocycles. The number of hydrogen-bond acceptors (Lipinski definition) is 2. The third kappa shape index (κ3) is 2.72. The lowest BCUT2D eigenvalue weighted by molar-refractivity contribution is 0.0697. The van der Waals surface area contributed by atoms with E-state index in [-0.39, 0.29) is 0 Å². The zero-order valence-electron chi connectivity index (χ0n) is 12.5. The van der Waals surface area contributed by atoms with E-state index in [2.05, 4.69) is 18.1 Å².